The molecule has 3 N–H and O–H groups in total. The average molecular weight is 283 g/mol. The van der Waals surface area contributed by atoms with Crippen LogP contribution in [0.1, 0.15) is 13.8 Å². The molecule has 0 aliphatic rings. The van der Waals surface area contributed by atoms with Crippen molar-refractivity contribution in [1.29, 1.82) is 0 Å². The Hall–Kier alpha value is -1.64. The number of sulfonamides is 1. The highest BCUT2D eigenvalue weighted by Crippen LogP contribution is 2.25. The van der Waals surface area contributed by atoms with Gasteiger partial charge in [-0.2, -0.15) is 4.31 Å². The monoisotopic (exact) mass is 283 g/mol. The minimum Gasteiger partial charge on any atom is -0.306 e. The number of nitrogens with one attached hydrogen (secondary N) is 1. The molecule has 8 heteroatoms. The van der Waals surface area contributed by atoms with Crippen LogP contribution in [-0.2, 0) is 10.0 Å². The lowest BCUT2D eigenvalue weighted by Gasteiger charge is -2.21. The zero-order chi connectivity index (χ0) is 14.2. The number of nitrogens with zero attached hydrogens (tertiary/aromatic N) is 3. The molecule has 0 saturated carbocycles. The molecule has 7 nitrogen and oxygen atoms in total. The highest BCUT2D eigenvalue weighted by Gasteiger charge is 2.30. The van der Waals surface area contributed by atoms with E-state index in [1.807, 2.05) is 0 Å². The van der Waals surface area contributed by atoms with Gasteiger partial charge in [-0.1, -0.05) is 6.07 Å². The fourth-order valence-corrected chi connectivity index (χ4v) is 3.31. The quantitative estimate of drug-likeness (QED) is 0.635. The molecule has 0 aliphatic carbocycles. The maximum atomic E-state index is 12.6. The second kappa shape index (κ2) is 4.80. The van der Waals surface area contributed by atoms with Crippen molar-refractivity contribution in [1.82, 2.24) is 13.7 Å². The van der Waals surface area contributed by atoms with Gasteiger partial charge in [0.05, 0.1) is 0 Å². The van der Waals surface area contributed by atoms with E-state index in [9.17, 15) is 8.42 Å². The van der Waals surface area contributed by atoms with Gasteiger partial charge in [0.2, 0.25) is 5.03 Å². The SMILES string of the molecule is CC(C)N(C)S(=O)(=O)c1c(NN)nc2ccccn12. The molecule has 0 unspecified atom stereocenters. The molecular formula is C11H17N5O2S. The minimum absolute atomic E-state index is 0.0433. The third kappa shape index (κ3) is 2.18. The molecule has 0 saturated heterocycles. The number of fused-ring (bicyclic) bond motifs is 1. The van der Waals surface area contributed by atoms with E-state index in [0.29, 0.717) is 5.65 Å². The number of nitrogen functional groups attached to an aromatic ring is 1. The molecule has 0 aromatic carbocycles. The summed E-state index contributed by atoms with van der Waals surface area (Å²) in [5.74, 6) is 5.52. The van der Waals surface area contributed by atoms with Gasteiger partial charge < -0.3 is 5.43 Å². The molecule has 0 fully saturated rings. The number of aromatic nitrogens is 2. The van der Waals surface area contributed by atoms with Gasteiger partial charge >= 0.3 is 0 Å². The van der Waals surface area contributed by atoms with Crippen LogP contribution < -0.4 is 11.3 Å². The predicted octanol–water partition coefficient (Wildman–Crippen LogP) is 0.649. The Balaban J connectivity index is 2.74. The third-order valence-electron chi connectivity index (χ3n) is 2.97. The summed E-state index contributed by atoms with van der Waals surface area (Å²) in [6, 6.07) is 5.08. The lowest BCUT2D eigenvalue weighted by atomic mass is 10.4. The summed E-state index contributed by atoms with van der Waals surface area (Å²) in [6.07, 6.45) is 1.64. The van der Waals surface area contributed by atoms with E-state index in [0.717, 1.165) is 0 Å². The normalized spacial score (nSPS) is 12.5. The minimum atomic E-state index is -3.67. The van der Waals surface area contributed by atoms with Gasteiger partial charge in [-0.15, -0.1) is 0 Å². The lowest BCUT2D eigenvalue weighted by Crippen LogP contribution is -2.34. The second-order valence-electron chi connectivity index (χ2n) is 4.45. The lowest BCUT2D eigenvalue weighted by molar-refractivity contribution is 0.408. The molecule has 0 radical (unpaired) electrons. The summed E-state index contributed by atoms with van der Waals surface area (Å²) in [5.41, 5.74) is 2.87. The van der Waals surface area contributed by atoms with Gasteiger partial charge in [-0.3, -0.25) is 4.40 Å². The van der Waals surface area contributed by atoms with Crippen LogP contribution in [0.15, 0.2) is 29.4 Å². The Bertz CT molecular complexity index is 692. The van der Waals surface area contributed by atoms with Crippen molar-refractivity contribution in [2.75, 3.05) is 12.5 Å². The first kappa shape index (κ1) is 13.8. The summed E-state index contributed by atoms with van der Waals surface area (Å²) < 4.78 is 28.0. The molecule has 2 rings (SSSR count). The maximum Gasteiger partial charge on any atom is 0.262 e. The summed E-state index contributed by atoms with van der Waals surface area (Å²) in [7, 11) is -2.14. The van der Waals surface area contributed by atoms with E-state index in [2.05, 4.69) is 10.4 Å². The fraction of sp³-hybridized carbons (Fsp3) is 0.364. The number of rotatable bonds is 4. The molecule has 2 aromatic rings. The molecule has 2 aromatic heterocycles. The number of imidazole rings is 1. The summed E-state index contributed by atoms with van der Waals surface area (Å²) in [5, 5.41) is 0.0433. The number of hydrogen-bond donors (Lipinski definition) is 2. The van der Waals surface area contributed by atoms with Crippen LogP contribution >= 0.6 is 0 Å². The molecule has 19 heavy (non-hydrogen) atoms. The van der Waals surface area contributed by atoms with Gasteiger partial charge in [0.15, 0.2) is 5.82 Å². The Morgan fingerprint density at radius 1 is 1.42 bits per heavy atom. The Labute approximate surface area is 112 Å². The smallest absolute Gasteiger partial charge is 0.262 e. The second-order valence-corrected chi connectivity index (χ2v) is 6.37. The number of pyridine rings is 1. The van der Waals surface area contributed by atoms with Crippen molar-refractivity contribution in [3.05, 3.63) is 24.4 Å². The van der Waals surface area contributed by atoms with Crippen LogP contribution in [0.3, 0.4) is 0 Å². The van der Waals surface area contributed by atoms with E-state index in [-0.39, 0.29) is 16.9 Å². The van der Waals surface area contributed by atoms with E-state index in [1.165, 1.54) is 15.8 Å². The third-order valence-corrected chi connectivity index (χ3v) is 5.03. The van der Waals surface area contributed by atoms with Gasteiger partial charge in [0, 0.05) is 19.3 Å². The topological polar surface area (TPSA) is 92.7 Å². The van der Waals surface area contributed by atoms with E-state index in [4.69, 9.17) is 5.84 Å². The first-order valence-electron chi connectivity index (χ1n) is 5.81. The highest BCUT2D eigenvalue weighted by atomic mass is 32.2. The van der Waals surface area contributed by atoms with Gasteiger partial charge in [-0.05, 0) is 26.0 Å². The number of anilines is 1. The van der Waals surface area contributed by atoms with Crippen molar-refractivity contribution in [2.24, 2.45) is 5.84 Å². The largest absolute Gasteiger partial charge is 0.306 e. The highest BCUT2D eigenvalue weighted by molar-refractivity contribution is 7.89. The van der Waals surface area contributed by atoms with Gasteiger partial charge in [-0.25, -0.2) is 19.2 Å². The van der Waals surface area contributed by atoms with Crippen molar-refractivity contribution >= 4 is 21.5 Å². The molecule has 0 aliphatic heterocycles. The summed E-state index contributed by atoms with van der Waals surface area (Å²) in [4.78, 5) is 4.16. The first-order chi connectivity index (χ1) is 8.89. The van der Waals surface area contributed by atoms with E-state index < -0.39 is 10.0 Å². The molecule has 0 atom stereocenters. The van der Waals surface area contributed by atoms with Crippen molar-refractivity contribution in [3.8, 4) is 0 Å². The standard InChI is InChI=1S/C11H17N5O2S/c1-8(2)15(3)19(17,18)11-10(14-12)13-9-6-4-5-7-16(9)11/h4-8,14H,12H2,1-3H3. The van der Waals surface area contributed by atoms with Crippen LogP contribution in [0.4, 0.5) is 5.82 Å². The molecule has 2 heterocycles. The zero-order valence-corrected chi connectivity index (χ0v) is 11.8. The molecule has 104 valence electrons. The number of hydrogen-bond acceptors (Lipinski definition) is 5. The fourth-order valence-electron chi connectivity index (χ4n) is 1.73. The molecular weight excluding hydrogens is 266 g/mol. The first-order valence-corrected chi connectivity index (χ1v) is 7.25. The van der Waals surface area contributed by atoms with Crippen molar-refractivity contribution in [3.63, 3.8) is 0 Å². The molecule has 0 spiro atoms. The Morgan fingerprint density at radius 3 is 2.68 bits per heavy atom. The Kier molecular flexibility index (Phi) is 3.48. The van der Waals surface area contributed by atoms with Crippen LogP contribution in [0.2, 0.25) is 0 Å². The van der Waals surface area contributed by atoms with Crippen LogP contribution in [-0.4, -0.2) is 35.2 Å². The molecule has 0 amide bonds. The van der Waals surface area contributed by atoms with Gasteiger partial charge in [0.25, 0.3) is 10.0 Å². The van der Waals surface area contributed by atoms with Crippen molar-refractivity contribution < 1.29 is 8.42 Å². The number of nitrogens with two attached hydrogens (primary N) is 1. The summed E-state index contributed by atoms with van der Waals surface area (Å²) in [6.45, 7) is 3.60. The van der Waals surface area contributed by atoms with Crippen LogP contribution in [0.25, 0.3) is 5.65 Å². The maximum absolute atomic E-state index is 12.6. The molecule has 0 bridgehead atoms. The van der Waals surface area contributed by atoms with Crippen LogP contribution in [0, 0.1) is 0 Å². The van der Waals surface area contributed by atoms with Crippen LogP contribution in [0.5, 0.6) is 0 Å². The van der Waals surface area contributed by atoms with Gasteiger partial charge in [0.1, 0.15) is 5.65 Å². The average Bonchev–Trinajstić information content (AvgIpc) is 2.76. The summed E-state index contributed by atoms with van der Waals surface area (Å²) >= 11 is 0. The van der Waals surface area contributed by atoms with E-state index >= 15 is 0 Å². The zero-order valence-electron chi connectivity index (χ0n) is 11.0. The Morgan fingerprint density at radius 2 is 2.11 bits per heavy atom. The predicted molar refractivity (Wildman–Crippen MR) is 73.1 cm³/mol. The van der Waals surface area contributed by atoms with Crippen molar-refractivity contribution in [2.45, 2.75) is 24.9 Å². The van der Waals surface area contributed by atoms with E-state index in [1.54, 1.807) is 38.2 Å². The number of hydrazine groups is 1.